The van der Waals surface area contributed by atoms with E-state index in [2.05, 4.69) is 59.8 Å². The van der Waals surface area contributed by atoms with Crippen LogP contribution in [-0.2, 0) is 57.8 Å². The minimum absolute atomic E-state index is 0.145. The number of carbonyl (C=O) groups is 4. The van der Waals surface area contributed by atoms with E-state index in [1.807, 2.05) is 110 Å². The predicted octanol–water partition coefficient (Wildman–Crippen LogP) is 16.7. The van der Waals surface area contributed by atoms with Crippen molar-refractivity contribution in [2.75, 3.05) is 0 Å². The summed E-state index contributed by atoms with van der Waals surface area (Å²) in [6.45, 7) is 15.6. The van der Waals surface area contributed by atoms with Crippen molar-refractivity contribution in [3.05, 3.63) is 310 Å². The minimum Gasteiger partial charge on any atom is -0.455 e. The molecule has 24 heteroatoms. The summed E-state index contributed by atoms with van der Waals surface area (Å²) in [6, 6.07) is 35.0. The molecule has 12 aromatic rings. The highest BCUT2D eigenvalue weighted by molar-refractivity contribution is 5.97. The molecule has 12 heterocycles. The molecule has 0 N–H and O–H groups in total. The number of ketones is 4. The van der Waals surface area contributed by atoms with Crippen LogP contribution in [0.15, 0.2) is 196 Å². The Kier molecular flexibility index (Phi) is 27.6. The Morgan fingerprint density at radius 1 is 0.276 bits per heavy atom. The van der Waals surface area contributed by atoms with Gasteiger partial charge in [-0.05, 0) is 99.9 Å². The highest BCUT2D eigenvalue weighted by Crippen LogP contribution is 2.29. The van der Waals surface area contributed by atoms with Gasteiger partial charge in [0.25, 0.3) is 0 Å². The average molecular weight is 1420 g/mol. The van der Waals surface area contributed by atoms with Gasteiger partial charge in [-0.2, -0.15) is 0 Å². The lowest BCUT2D eigenvalue weighted by atomic mass is 10.1. The Balaban J connectivity index is 0.000000162. The molecule has 0 unspecified atom stereocenters. The number of carbonyl (C=O) groups excluding carboxylic acids is 4. The standard InChI is InChI=1S/C21H20FN3O2.3C20H18FN3O2/c1-3-15-6-5-7-17(24-15)10-21(26)20-11-18(9-16(4-2)25-20)27-19-8-14(22)12-23-13-19;3*1-3-15-7-17(26-18-6-14(21)11-22-12-18)9-19(24-15)20(25)8-16-5-4-13(2)10-23-16/h5-9,11-13H,3-4,10H2,1-2H3;3*4-7,9-12H,3,8H2,1-2H3. The van der Waals surface area contributed by atoms with Crippen LogP contribution in [0, 0.1) is 44.0 Å². The Morgan fingerprint density at radius 3 is 0.771 bits per heavy atom. The highest BCUT2D eigenvalue weighted by Gasteiger charge is 2.19. The lowest BCUT2D eigenvalue weighted by molar-refractivity contribution is 0.0978. The molecule has 12 rings (SSSR count). The Labute approximate surface area is 604 Å². The van der Waals surface area contributed by atoms with Crippen LogP contribution in [0.5, 0.6) is 46.0 Å². The molecule has 0 aliphatic rings. The summed E-state index contributed by atoms with van der Waals surface area (Å²) >= 11 is 0. The number of hydrogen-bond acceptors (Lipinski definition) is 20. The number of ether oxygens (including phenoxy) is 4. The third kappa shape index (κ3) is 24.3. The molecule has 12 aromatic heterocycles. The van der Waals surface area contributed by atoms with Gasteiger partial charge in [-0.1, -0.05) is 58.9 Å². The lowest BCUT2D eigenvalue weighted by Gasteiger charge is -2.09. The molecular weight excluding hydrogens is 1340 g/mol. The minimum atomic E-state index is -0.492. The van der Waals surface area contributed by atoms with Gasteiger partial charge in [0.15, 0.2) is 23.1 Å². The second-order valence-electron chi connectivity index (χ2n) is 23.7. The second-order valence-corrected chi connectivity index (χ2v) is 23.7. The number of Topliss-reactive ketones (excluding diaryl/α,β-unsaturated/α-hetero) is 4. The molecule has 0 radical (unpaired) electrons. The van der Waals surface area contributed by atoms with Crippen LogP contribution in [0.3, 0.4) is 0 Å². The summed E-state index contributed by atoms with van der Waals surface area (Å²) in [6.07, 6.45) is 19.2. The SMILES string of the molecule is CCc1cc(Oc2cncc(F)c2)cc(C(=O)Cc2ccc(C)cn2)n1.CCc1cc(Oc2cncc(F)c2)cc(C(=O)Cc2ccc(C)cn2)n1.CCc1cc(Oc2cncc(F)c2)cc(C(=O)Cc2ccc(C)cn2)n1.CCc1cccc(CC(=O)c2cc(Oc3cncc(F)c3)cc(CC)n2)n1. The van der Waals surface area contributed by atoms with Gasteiger partial charge in [0, 0.05) is 143 Å². The van der Waals surface area contributed by atoms with Crippen molar-refractivity contribution in [2.45, 2.75) is 113 Å². The Bertz CT molecular complexity index is 4610. The summed E-state index contributed by atoms with van der Waals surface area (Å²) < 4.78 is 75.8. The predicted molar refractivity (Wildman–Crippen MR) is 384 cm³/mol. The average Bonchev–Trinajstić information content (AvgIpc) is 0.858. The van der Waals surface area contributed by atoms with Crippen molar-refractivity contribution in [1.29, 1.82) is 0 Å². The van der Waals surface area contributed by atoms with Gasteiger partial charge in [0.05, 0.1) is 75.3 Å². The van der Waals surface area contributed by atoms with Crippen LogP contribution < -0.4 is 18.9 Å². The van der Waals surface area contributed by atoms with Crippen LogP contribution in [0.25, 0.3) is 0 Å². The molecule has 0 amide bonds. The van der Waals surface area contributed by atoms with Crippen LogP contribution in [0.2, 0.25) is 0 Å². The number of nitrogens with zero attached hydrogens (tertiary/aromatic N) is 12. The first-order valence-corrected chi connectivity index (χ1v) is 33.7. The zero-order valence-electron chi connectivity index (χ0n) is 59.0. The van der Waals surface area contributed by atoms with Crippen molar-refractivity contribution in [1.82, 2.24) is 59.8 Å². The van der Waals surface area contributed by atoms with E-state index in [9.17, 15) is 36.7 Å². The van der Waals surface area contributed by atoms with Gasteiger partial charge in [0.1, 0.15) is 92.0 Å². The molecule has 0 saturated carbocycles. The van der Waals surface area contributed by atoms with Crippen LogP contribution in [-0.4, -0.2) is 82.9 Å². The molecular formula is C81H74F4N12O8. The van der Waals surface area contributed by atoms with Crippen molar-refractivity contribution in [3.8, 4) is 46.0 Å². The second kappa shape index (κ2) is 37.9. The smallest absolute Gasteiger partial charge is 0.187 e. The summed E-state index contributed by atoms with van der Waals surface area (Å²) in [5, 5.41) is 0. The van der Waals surface area contributed by atoms with Gasteiger partial charge < -0.3 is 18.9 Å². The van der Waals surface area contributed by atoms with Gasteiger partial charge in [-0.15, -0.1) is 0 Å². The molecule has 0 saturated heterocycles. The first-order chi connectivity index (χ1) is 50.7. The molecule has 0 spiro atoms. The highest BCUT2D eigenvalue weighted by atomic mass is 19.1. The molecule has 534 valence electrons. The first-order valence-electron chi connectivity index (χ1n) is 33.7. The van der Waals surface area contributed by atoms with Crippen molar-refractivity contribution >= 4 is 23.1 Å². The maximum Gasteiger partial charge on any atom is 0.187 e. The number of pyridine rings is 12. The van der Waals surface area contributed by atoms with Gasteiger partial charge in [-0.3, -0.25) is 59.0 Å². The quantitative estimate of drug-likeness (QED) is 0.0380. The fraction of sp³-hybridized carbons (Fsp3) is 0.210. The number of hydrogen-bond donors (Lipinski definition) is 0. The molecule has 0 bridgehead atoms. The van der Waals surface area contributed by atoms with E-state index >= 15 is 0 Å². The zero-order valence-corrected chi connectivity index (χ0v) is 59.0. The van der Waals surface area contributed by atoms with E-state index in [0.29, 0.717) is 111 Å². The Hall–Kier alpha value is -12.6. The third-order valence-electron chi connectivity index (χ3n) is 15.2. The summed E-state index contributed by atoms with van der Waals surface area (Å²) in [7, 11) is 0. The molecule has 0 fully saturated rings. The fourth-order valence-corrected chi connectivity index (χ4v) is 9.76. The van der Waals surface area contributed by atoms with Crippen molar-refractivity contribution < 1.29 is 55.7 Å². The molecule has 0 aliphatic carbocycles. The summed E-state index contributed by atoms with van der Waals surface area (Å²) in [5.41, 5.74) is 10.9. The topological polar surface area (TPSA) is 260 Å². The fourth-order valence-electron chi connectivity index (χ4n) is 9.76. The maximum absolute atomic E-state index is 13.3. The van der Waals surface area contributed by atoms with E-state index < -0.39 is 23.3 Å². The molecule has 0 aliphatic heterocycles. The van der Waals surface area contributed by atoms with Gasteiger partial charge in [-0.25, -0.2) is 37.5 Å². The largest absolute Gasteiger partial charge is 0.455 e. The van der Waals surface area contributed by atoms with E-state index in [1.54, 1.807) is 67.1 Å². The summed E-state index contributed by atoms with van der Waals surface area (Å²) in [5.74, 6) is 0.160. The van der Waals surface area contributed by atoms with Gasteiger partial charge in [0.2, 0.25) is 0 Å². The number of rotatable bonds is 25. The van der Waals surface area contributed by atoms with Crippen LogP contribution in [0.4, 0.5) is 17.6 Å². The number of aromatic nitrogens is 12. The van der Waals surface area contributed by atoms with E-state index in [0.717, 1.165) is 59.3 Å². The van der Waals surface area contributed by atoms with E-state index in [-0.39, 0.29) is 71.8 Å². The zero-order chi connectivity index (χ0) is 74.8. The normalized spacial score (nSPS) is 10.6. The Morgan fingerprint density at radius 2 is 0.533 bits per heavy atom. The molecule has 0 aromatic carbocycles. The van der Waals surface area contributed by atoms with Crippen LogP contribution >= 0.6 is 0 Å². The molecule has 20 nitrogen and oxygen atoms in total. The lowest BCUT2D eigenvalue weighted by Crippen LogP contribution is -2.09. The number of halogens is 4. The summed E-state index contributed by atoms with van der Waals surface area (Å²) in [4.78, 5) is 100. The monoisotopic (exact) mass is 1420 g/mol. The van der Waals surface area contributed by atoms with Crippen molar-refractivity contribution in [2.24, 2.45) is 0 Å². The molecule has 105 heavy (non-hydrogen) atoms. The van der Waals surface area contributed by atoms with Crippen molar-refractivity contribution in [3.63, 3.8) is 0 Å². The third-order valence-corrected chi connectivity index (χ3v) is 15.2. The maximum atomic E-state index is 13.3. The van der Waals surface area contributed by atoms with Gasteiger partial charge >= 0.3 is 0 Å². The first kappa shape index (κ1) is 76.6. The molecule has 0 atom stereocenters. The van der Waals surface area contributed by atoms with E-state index in [1.165, 1.54) is 49.1 Å². The van der Waals surface area contributed by atoms with E-state index in [4.69, 9.17) is 18.9 Å². The number of aryl methyl sites for hydroxylation is 8. The van der Waals surface area contributed by atoms with Crippen LogP contribution in [0.1, 0.15) is 145 Å².